The summed E-state index contributed by atoms with van der Waals surface area (Å²) < 4.78 is 0. The van der Waals surface area contributed by atoms with Gasteiger partial charge >= 0.3 is 0 Å². The second-order valence-electron chi connectivity index (χ2n) is 5.90. The summed E-state index contributed by atoms with van der Waals surface area (Å²) in [6.07, 6.45) is 2.43. The summed E-state index contributed by atoms with van der Waals surface area (Å²) in [5.41, 5.74) is 2.57. The number of fused-ring (bicyclic) bond motifs is 3. The van der Waals surface area contributed by atoms with E-state index in [0.717, 1.165) is 18.3 Å². The molecule has 0 saturated carbocycles. The van der Waals surface area contributed by atoms with Crippen LogP contribution in [0.3, 0.4) is 0 Å². The molecule has 0 unspecified atom stereocenters. The summed E-state index contributed by atoms with van der Waals surface area (Å²) >= 11 is 3.34. The molecule has 1 aromatic rings. The average Bonchev–Trinajstić information content (AvgIpc) is 3.17. The van der Waals surface area contributed by atoms with E-state index in [1.807, 2.05) is 4.90 Å². The lowest BCUT2D eigenvalue weighted by Gasteiger charge is -2.48. The van der Waals surface area contributed by atoms with Gasteiger partial charge in [-0.15, -0.1) is 11.3 Å². The van der Waals surface area contributed by atoms with Crippen molar-refractivity contribution in [3.63, 3.8) is 0 Å². The molecule has 6 heteroatoms. The lowest BCUT2D eigenvalue weighted by molar-refractivity contribution is -0.125. The Bertz CT molecular complexity index is 671. The Balaban J connectivity index is 1.72. The number of carbonyl (C=O) groups is 1. The van der Waals surface area contributed by atoms with E-state index in [4.69, 9.17) is 4.99 Å². The minimum Gasteiger partial charge on any atom is -0.371 e. The lowest BCUT2D eigenvalue weighted by Crippen LogP contribution is -2.49. The Kier molecular flexibility index (Phi) is 2.55. The molecule has 21 heavy (non-hydrogen) atoms. The molecular weight excluding hydrogens is 302 g/mol. The van der Waals surface area contributed by atoms with E-state index < -0.39 is 0 Å². The van der Waals surface area contributed by atoms with Crippen LogP contribution in [0.15, 0.2) is 33.9 Å². The first-order valence-corrected chi connectivity index (χ1v) is 9.25. The molecule has 6 heterocycles. The van der Waals surface area contributed by atoms with Crippen molar-refractivity contribution in [3.8, 4) is 0 Å². The minimum absolute atomic E-state index is 0.0677. The summed E-state index contributed by atoms with van der Waals surface area (Å²) in [5.74, 6) is 1.33. The zero-order chi connectivity index (χ0) is 14.0. The quantitative estimate of drug-likeness (QED) is 0.799. The van der Waals surface area contributed by atoms with Gasteiger partial charge in [0.1, 0.15) is 6.04 Å². The van der Waals surface area contributed by atoms with Gasteiger partial charge in [-0.05, 0) is 24.3 Å². The highest BCUT2D eigenvalue weighted by molar-refractivity contribution is 8.15. The van der Waals surface area contributed by atoms with Crippen LogP contribution in [-0.2, 0) is 4.79 Å². The van der Waals surface area contributed by atoms with E-state index >= 15 is 0 Å². The topological polar surface area (TPSA) is 35.9 Å². The number of thiophene rings is 1. The number of nitrogens with zero attached hydrogens (tertiary/aromatic N) is 3. The predicted octanol–water partition coefficient (Wildman–Crippen LogP) is 2.67. The normalized spacial score (nSPS) is 28.1. The van der Waals surface area contributed by atoms with Crippen LogP contribution in [0.5, 0.6) is 0 Å². The maximum Gasteiger partial charge on any atom is 0.239 e. The number of hydrogen-bond acceptors (Lipinski definition) is 5. The molecule has 1 atom stereocenters. The van der Waals surface area contributed by atoms with E-state index in [-0.39, 0.29) is 11.9 Å². The van der Waals surface area contributed by atoms with E-state index in [9.17, 15) is 4.79 Å². The number of amidine groups is 1. The van der Waals surface area contributed by atoms with Crippen LogP contribution in [0, 0.1) is 5.92 Å². The summed E-state index contributed by atoms with van der Waals surface area (Å²) in [7, 11) is 0. The van der Waals surface area contributed by atoms with Crippen LogP contribution >= 0.6 is 23.1 Å². The lowest BCUT2D eigenvalue weighted by atomic mass is 9.84. The molecule has 5 aliphatic rings. The fraction of sp³-hybridized carbons (Fsp3) is 0.467. The van der Waals surface area contributed by atoms with Gasteiger partial charge in [0, 0.05) is 23.9 Å². The van der Waals surface area contributed by atoms with Crippen LogP contribution in [0.2, 0.25) is 0 Å². The molecule has 4 nitrogen and oxygen atoms in total. The van der Waals surface area contributed by atoms with Crippen molar-refractivity contribution in [2.45, 2.75) is 18.9 Å². The smallest absolute Gasteiger partial charge is 0.239 e. The van der Waals surface area contributed by atoms with Crippen LogP contribution in [0.1, 0.15) is 23.8 Å². The van der Waals surface area contributed by atoms with Crippen molar-refractivity contribution in [1.82, 2.24) is 9.80 Å². The molecule has 1 aromatic heterocycles. The number of carbonyl (C=O) groups excluding carboxylic acids is 1. The van der Waals surface area contributed by atoms with Gasteiger partial charge in [-0.2, -0.15) is 0 Å². The summed E-state index contributed by atoms with van der Waals surface area (Å²) in [4.78, 5) is 22.9. The first-order valence-electron chi connectivity index (χ1n) is 7.39. The molecule has 0 N–H and O–H groups in total. The van der Waals surface area contributed by atoms with Gasteiger partial charge in [0.25, 0.3) is 0 Å². The number of aliphatic imine (C=N–C) groups is 1. The maximum atomic E-state index is 12.4. The number of amides is 1. The molecule has 6 rings (SSSR count). The highest BCUT2D eigenvalue weighted by Gasteiger charge is 2.47. The molecule has 108 valence electrons. The second kappa shape index (κ2) is 4.36. The molecule has 0 radical (unpaired) electrons. The summed E-state index contributed by atoms with van der Waals surface area (Å²) in [6.45, 7) is 2.23. The van der Waals surface area contributed by atoms with Crippen LogP contribution in [-0.4, -0.2) is 39.7 Å². The maximum absolute atomic E-state index is 12.4. The number of hydrogen-bond donors (Lipinski definition) is 0. The van der Waals surface area contributed by atoms with Crippen molar-refractivity contribution < 1.29 is 4.79 Å². The third-order valence-electron chi connectivity index (χ3n) is 4.83. The van der Waals surface area contributed by atoms with E-state index in [2.05, 4.69) is 22.4 Å². The molecule has 2 fully saturated rings. The molecule has 5 aliphatic heterocycles. The zero-order valence-electron chi connectivity index (χ0n) is 11.5. The van der Waals surface area contributed by atoms with Crippen LogP contribution in [0.4, 0.5) is 0 Å². The fourth-order valence-electron chi connectivity index (χ4n) is 3.87. The van der Waals surface area contributed by atoms with Crippen molar-refractivity contribution in [2.24, 2.45) is 10.9 Å². The third-order valence-corrected chi connectivity index (χ3v) is 6.69. The molecule has 0 aromatic carbocycles. The van der Waals surface area contributed by atoms with Gasteiger partial charge in [-0.1, -0.05) is 17.8 Å². The van der Waals surface area contributed by atoms with E-state index in [1.165, 1.54) is 29.1 Å². The van der Waals surface area contributed by atoms with Gasteiger partial charge in [0.15, 0.2) is 5.17 Å². The van der Waals surface area contributed by atoms with Crippen molar-refractivity contribution in [3.05, 3.63) is 33.8 Å². The Hall–Kier alpha value is -1.27. The zero-order valence-corrected chi connectivity index (χ0v) is 13.1. The minimum atomic E-state index is 0.0677. The Labute approximate surface area is 131 Å². The molecular formula is C15H15N3OS2. The average molecular weight is 317 g/mol. The Morgan fingerprint density at radius 2 is 2.14 bits per heavy atom. The predicted molar refractivity (Wildman–Crippen MR) is 85.1 cm³/mol. The molecule has 0 spiro atoms. The van der Waals surface area contributed by atoms with E-state index in [1.54, 1.807) is 23.1 Å². The number of allylic oxidation sites excluding steroid dienone is 1. The standard InChI is InChI=1S/C15H15N3OS2/c19-11-8-21-15-16-12-9-3-5-17(6-4-9)14(12)13(18(11)15)10-2-1-7-20-10/h1-2,7,9,13H,3-6,8H2/t13-/m1/s1. The van der Waals surface area contributed by atoms with Crippen molar-refractivity contribution in [2.75, 3.05) is 18.8 Å². The van der Waals surface area contributed by atoms with Gasteiger partial charge in [0.05, 0.1) is 17.1 Å². The fourth-order valence-corrected chi connectivity index (χ4v) is 5.59. The van der Waals surface area contributed by atoms with Crippen molar-refractivity contribution in [1.29, 1.82) is 0 Å². The Morgan fingerprint density at radius 1 is 1.29 bits per heavy atom. The summed E-state index contributed by atoms with van der Waals surface area (Å²) in [5, 5.41) is 3.02. The second-order valence-corrected chi connectivity index (χ2v) is 7.82. The monoisotopic (exact) mass is 317 g/mol. The first-order chi connectivity index (χ1) is 10.3. The largest absolute Gasteiger partial charge is 0.371 e. The first kappa shape index (κ1) is 12.3. The number of rotatable bonds is 1. The SMILES string of the molecule is O=C1CSC2=NC3=C([C@@H](c4cccs4)N12)N1CCC3CC1. The van der Waals surface area contributed by atoms with E-state index in [0.29, 0.717) is 11.7 Å². The van der Waals surface area contributed by atoms with Gasteiger partial charge < -0.3 is 4.90 Å². The molecule has 0 aliphatic carbocycles. The molecule has 2 saturated heterocycles. The number of piperidine rings is 1. The number of thioether (sulfide) groups is 1. The van der Waals surface area contributed by atoms with Crippen LogP contribution < -0.4 is 0 Å². The van der Waals surface area contributed by atoms with Gasteiger partial charge in [-0.3, -0.25) is 9.69 Å². The highest BCUT2D eigenvalue weighted by atomic mass is 32.2. The Morgan fingerprint density at radius 3 is 2.90 bits per heavy atom. The van der Waals surface area contributed by atoms with Gasteiger partial charge in [0.2, 0.25) is 5.91 Å². The van der Waals surface area contributed by atoms with Gasteiger partial charge in [-0.25, -0.2) is 4.99 Å². The third kappa shape index (κ3) is 1.63. The van der Waals surface area contributed by atoms with Crippen LogP contribution in [0.25, 0.3) is 0 Å². The summed E-state index contributed by atoms with van der Waals surface area (Å²) in [6, 6.07) is 4.30. The highest BCUT2D eigenvalue weighted by Crippen LogP contribution is 2.49. The molecule has 2 bridgehead atoms. The van der Waals surface area contributed by atoms with Crippen molar-refractivity contribution >= 4 is 34.2 Å². The molecule has 1 amide bonds.